The molecule has 0 atom stereocenters. The van der Waals surface area contributed by atoms with Gasteiger partial charge in [-0.1, -0.05) is 152 Å². The van der Waals surface area contributed by atoms with Gasteiger partial charge in [-0.3, -0.25) is 0 Å². The Morgan fingerprint density at radius 1 is 0.356 bits per heavy atom. The van der Waals surface area contributed by atoms with Gasteiger partial charge in [0.1, 0.15) is 0 Å². The van der Waals surface area contributed by atoms with Gasteiger partial charge in [0.25, 0.3) is 0 Å². The lowest BCUT2D eigenvalue weighted by atomic mass is 9.96. The maximum atomic E-state index is 2.48. The first-order valence-electron chi connectivity index (χ1n) is 20.2. The highest BCUT2D eigenvalue weighted by molar-refractivity contribution is 7.26. The third-order valence-electron chi connectivity index (χ3n) is 12.0. The van der Waals surface area contributed by atoms with E-state index in [9.17, 15) is 0 Å². The molecular formula is C56H36N2S. The van der Waals surface area contributed by atoms with Gasteiger partial charge in [-0.15, -0.1) is 11.3 Å². The zero-order chi connectivity index (χ0) is 38.9. The first kappa shape index (κ1) is 33.7. The lowest BCUT2D eigenvalue weighted by Crippen LogP contribution is -2.09. The van der Waals surface area contributed by atoms with Crippen molar-refractivity contribution in [3.63, 3.8) is 0 Å². The fourth-order valence-electron chi connectivity index (χ4n) is 9.21. The number of fused-ring (bicyclic) bond motifs is 9. The van der Waals surface area contributed by atoms with Crippen molar-refractivity contribution in [2.24, 2.45) is 0 Å². The highest BCUT2D eigenvalue weighted by Gasteiger charge is 2.20. The van der Waals surface area contributed by atoms with Crippen LogP contribution in [0.4, 0.5) is 17.1 Å². The Labute approximate surface area is 346 Å². The zero-order valence-electron chi connectivity index (χ0n) is 32.1. The van der Waals surface area contributed by atoms with E-state index in [0.717, 1.165) is 17.1 Å². The van der Waals surface area contributed by atoms with Crippen molar-refractivity contribution in [2.45, 2.75) is 0 Å². The van der Waals surface area contributed by atoms with Crippen molar-refractivity contribution in [3.8, 4) is 27.9 Å². The second-order valence-electron chi connectivity index (χ2n) is 15.3. The first-order valence-corrected chi connectivity index (χ1v) is 21.0. The van der Waals surface area contributed by atoms with Crippen LogP contribution in [0.25, 0.3) is 91.5 Å². The molecule has 0 aliphatic carbocycles. The van der Waals surface area contributed by atoms with E-state index in [1.807, 2.05) is 11.3 Å². The first-order chi connectivity index (χ1) is 29.3. The smallest absolute Gasteiger partial charge is 0.0556 e. The molecule has 12 rings (SSSR count). The van der Waals surface area contributed by atoms with Crippen molar-refractivity contribution < 1.29 is 0 Å². The van der Waals surface area contributed by atoms with Gasteiger partial charge in [0, 0.05) is 53.4 Å². The number of hydrogen-bond acceptors (Lipinski definition) is 2. The highest BCUT2D eigenvalue weighted by Crippen LogP contribution is 2.45. The molecule has 0 saturated heterocycles. The van der Waals surface area contributed by atoms with Crippen LogP contribution in [-0.4, -0.2) is 4.57 Å². The van der Waals surface area contributed by atoms with E-state index in [0.29, 0.717) is 0 Å². The van der Waals surface area contributed by atoms with Crippen LogP contribution in [0.1, 0.15) is 0 Å². The van der Waals surface area contributed by atoms with Gasteiger partial charge in [-0.2, -0.15) is 0 Å². The zero-order valence-corrected chi connectivity index (χ0v) is 32.9. The lowest BCUT2D eigenvalue weighted by Gasteiger charge is -2.26. The Morgan fingerprint density at radius 3 is 1.76 bits per heavy atom. The molecule has 0 radical (unpaired) electrons. The minimum absolute atomic E-state index is 1.11. The van der Waals surface area contributed by atoms with Crippen molar-refractivity contribution in [1.29, 1.82) is 0 Å². The molecule has 3 heteroatoms. The number of thiophene rings is 1. The van der Waals surface area contributed by atoms with E-state index in [1.54, 1.807) is 0 Å². The van der Waals surface area contributed by atoms with Crippen LogP contribution in [0.2, 0.25) is 0 Å². The molecule has 0 aliphatic heterocycles. The summed E-state index contributed by atoms with van der Waals surface area (Å²) in [5.74, 6) is 0. The summed E-state index contributed by atoms with van der Waals surface area (Å²) in [5, 5.41) is 10.2. The fraction of sp³-hybridized carbons (Fsp3) is 0. The number of benzene rings is 10. The van der Waals surface area contributed by atoms with Crippen molar-refractivity contribution in [2.75, 3.05) is 4.90 Å². The van der Waals surface area contributed by atoms with Gasteiger partial charge < -0.3 is 9.47 Å². The summed E-state index contributed by atoms with van der Waals surface area (Å²) >= 11 is 1.90. The molecule has 2 nitrogen and oxygen atoms in total. The summed E-state index contributed by atoms with van der Waals surface area (Å²) in [6.07, 6.45) is 0. The van der Waals surface area contributed by atoms with Crippen molar-refractivity contribution in [1.82, 2.24) is 4.57 Å². The number of rotatable bonds is 6. The summed E-state index contributed by atoms with van der Waals surface area (Å²) in [5.41, 5.74) is 11.8. The number of aromatic nitrogens is 1. The van der Waals surface area contributed by atoms with Gasteiger partial charge in [0.15, 0.2) is 0 Å². The van der Waals surface area contributed by atoms with Crippen LogP contribution in [-0.2, 0) is 0 Å². The highest BCUT2D eigenvalue weighted by atomic mass is 32.1. The molecular weight excluding hydrogens is 733 g/mol. The fourth-order valence-corrected chi connectivity index (χ4v) is 10.5. The van der Waals surface area contributed by atoms with E-state index >= 15 is 0 Å². The van der Waals surface area contributed by atoms with E-state index < -0.39 is 0 Å². The molecule has 0 unspecified atom stereocenters. The predicted molar refractivity (Wildman–Crippen MR) is 254 cm³/mol. The summed E-state index contributed by atoms with van der Waals surface area (Å²) in [6.45, 7) is 0. The largest absolute Gasteiger partial charge is 0.311 e. The molecule has 0 spiro atoms. The van der Waals surface area contributed by atoms with Crippen LogP contribution in [0.3, 0.4) is 0 Å². The Morgan fingerprint density at radius 2 is 0.966 bits per heavy atom. The summed E-state index contributed by atoms with van der Waals surface area (Å²) < 4.78 is 5.16. The molecule has 59 heavy (non-hydrogen) atoms. The van der Waals surface area contributed by atoms with Gasteiger partial charge >= 0.3 is 0 Å². The van der Waals surface area contributed by atoms with E-state index in [4.69, 9.17) is 0 Å². The third-order valence-corrected chi connectivity index (χ3v) is 13.2. The molecule has 0 aliphatic rings. The van der Waals surface area contributed by atoms with E-state index in [1.165, 1.54) is 91.5 Å². The minimum Gasteiger partial charge on any atom is -0.311 e. The van der Waals surface area contributed by atoms with Gasteiger partial charge in [0.05, 0.1) is 16.7 Å². The maximum Gasteiger partial charge on any atom is 0.0556 e. The molecule has 0 saturated carbocycles. The molecule has 2 heterocycles. The van der Waals surface area contributed by atoms with Gasteiger partial charge in [0.2, 0.25) is 0 Å². The number of para-hydroxylation sites is 2. The monoisotopic (exact) mass is 768 g/mol. The Hall–Kier alpha value is -7.46. The Bertz CT molecular complexity index is 3540. The van der Waals surface area contributed by atoms with Crippen molar-refractivity contribution in [3.05, 3.63) is 218 Å². The molecule has 2 aromatic heterocycles. The summed E-state index contributed by atoms with van der Waals surface area (Å²) in [7, 11) is 0. The molecule has 0 bridgehead atoms. The molecule has 276 valence electrons. The number of nitrogens with zero attached hydrogens (tertiary/aromatic N) is 2. The van der Waals surface area contributed by atoms with Crippen LogP contribution in [0.5, 0.6) is 0 Å². The maximum absolute atomic E-state index is 2.48. The standard InChI is InChI=1S/C56H36N2S/c1-2-14-42(15-3-1)57(43-28-24-38(25-29-43)41-23-22-37-12-4-5-13-40(37)36-41)44-30-26-39(27-31-44)45-32-34-52(47-17-7-6-16-46(45)47)58-51-20-10-8-19-50(51)55-53(58)35-33-49-48-18-9-11-21-54(48)59-56(49)55/h1-36H. The van der Waals surface area contributed by atoms with E-state index in [2.05, 4.69) is 228 Å². The topological polar surface area (TPSA) is 8.17 Å². The lowest BCUT2D eigenvalue weighted by molar-refractivity contribution is 1.20. The number of hydrogen-bond donors (Lipinski definition) is 0. The second kappa shape index (κ2) is 13.6. The van der Waals surface area contributed by atoms with Crippen LogP contribution in [0.15, 0.2) is 218 Å². The quantitative estimate of drug-likeness (QED) is 0.164. The predicted octanol–water partition coefficient (Wildman–Crippen LogP) is 16.3. The van der Waals surface area contributed by atoms with E-state index in [-0.39, 0.29) is 0 Å². The summed E-state index contributed by atoms with van der Waals surface area (Å²) in [4.78, 5) is 2.34. The Balaban J connectivity index is 0.947. The average Bonchev–Trinajstić information content (AvgIpc) is 3.85. The molecule has 10 aromatic carbocycles. The van der Waals surface area contributed by atoms with Crippen LogP contribution >= 0.6 is 11.3 Å². The third kappa shape index (κ3) is 5.47. The minimum atomic E-state index is 1.11. The average molecular weight is 769 g/mol. The van der Waals surface area contributed by atoms with Gasteiger partial charge in [-0.05, 0) is 105 Å². The molecule has 0 amide bonds. The summed E-state index contributed by atoms with van der Waals surface area (Å²) in [6, 6.07) is 79.7. The molecule has 0 N–H and O–H groups in total. The normalized spacial score (nSPS) is 11.7. The van der Waals surface area contributed by atoms with Crippen LogP contribution < -0.4 is 4.90 Å². The Kier molecular flexibility index (Phi) is 7.75. The van der Waals surface area contributed by atoms with Crippen LogP contribution in [0, 0.1) is 0 Å². The number of anilines is 3. The SMILES string of the molecule is c1ccc(N(c2ccc(-c3ccc4ccccc4c3)cc2)c2ccc(-c3ccc(-n4c5ccccc5c5c6sc7ccccc7c6ccc54)c4ccccc34)cc2)cc1. The second-order valence-corrected chi connectivity index (χ2v) is 16.3. The molecule has 0 fully saturated rings. The van der Waals surface area contributed by atoms with Crippen molar-refractivity contribution >= 4 is 91.9 Å². The van der Waals surface area contributed by atoms with Gasteiger partial charge in [-0.25, -0.2) is 0 Å². The molecule has 12 aromatic rings.